The highest BCUT2D eigenvalue weighted by molar-refractivity contribution is 8.13. The van der Waals surface area contributed by atoms with Crippen LogP contribution in [0.2, 0.25) is 0 Å². The Hall–Kier alpha value is -0.0200. The second kappa shape index (κ2) is 4.34. The third-order valence-corrected chi connectivity index (χ3v) is 5.86. The van der Waals surface area contributed by atoms with Gasteiger partial charge in [0.2, 0.25) is 0 Å². The minimum absolute atomic E-state index is 0.393. The topological polar surface area (TPSA) is 43.1 Å². The van der Waals surface area contributed by atoms with Crippen LogP contribution in [0.1, 0.15) is 32.1 Å². The van der Waals surface area contributed by atoms with Gasteiger partial charge in [0.1, 0.15) is 0 Å². The maximum absolute atomic E-state index is 12.2. The van der Waals surface area contributed by atoms with Crippen LogP contribution in [0.25, 0.3) is 0 Å². The van der Waals surface area contributed by atoms with Crippen molar-refractivity contribution in [1.82, 2.24) is 0 Å². The number of carbonyl (C=O) groups is 1. The summed E-state index contributed by atoms with van der Waals surface area (Å²) in [6, 6.07) is 0. The van der Waals surface area contributed by atoms with Crippen LogP contribution < -0.4 is 5.73 Å². The summed E-state index contributed by atoms with van der Waals surface area (Å²) in [6.45, 7) is 0.629. The Labute approximate surface area is 102 Å². The molecule has 0 aromatic carbocycles. The van der Waals surface area contributed by atoms with E-state index in [1.807, 2.05) is 0 Å². The van der Waals surface area contributed by atoms with Gasteiger partial charge >= 0.3 is 0 Å². The molecule has 0 aromatic rings. The smallest absolute Gasteiger partial charge is 0.192 e. The maximum atomic E-state index is 12.2. The van der Waals surface area contributed by atoms with Gasteiger partial charge in [0.05, 0.1) is 0 Å². The minimum Gasteiger partial charge on any atom is -0.330 e. The molecule has 4 aliphatic rings. The van der Waals surface area contributed by atoms with Gasteiger partial charge in [-0.15, -0.1) is 0 Å². The molecule has 0 saturated heterocycles. The van der Waals surface area contributed by atoms with Gasteiger partial charge in [0.25, 0.3) is 0 Å². The maximum Gasteiger partial charge on any atom is 0.192 e. The lowest BCUT2D eigenvalue weighted by molar-refractivity contribution is -0.126. The predicted molar refractivity (Wildman–Crippen MR) is 67.1 cm³/mol. The molecular formula is C13H21NOS. The van der Waals surface area contributed by atoms with Gasteiger partial charge in [0, 0.05) is 18.2 Å². The lowest BCUT2D eigenvalue weighted by atomic mass is 9.52. The van der Waals surface area contributed by atoms with E-state index >= 15 is 0 Å². The molecule has 90 valence electrons. The van der Waals surface area contributed by atoms with Crippen molar-refractivity contribution in [2.75, 3.05) is 12.3 Å². The highest BCUT2D eigenvalue weighted by Crippen LogP contribution is 2.57. The van der Waals surface area contributed by atoms with Crippen molar-refractivity contribution in [2.24, 2.45) is 35.3 Å². The molecule has 0 unspecified atom stereocenters. The molecule has 4 fully saturated rings. The van der Waals surface area contributed by atoms with Crippen molar-refractivity contribution in [3.05, 3.63) is 0 Å². The fourth-order valence-electron chi connectivity index (χ4n) is 4.57. The summed E-state index contributed by atoms with van der Waals surface area (Å²) >= 11 is 1.49. The number of carbonyl (C=O) groups excluding carboxylic acids is 1. The van der Waals surface area contributed by atoms with E-state index in [0.717, 1.165) is 29.4 Å². The van der Waals surface area contributed by atoms with E-state index < -0.39 is 0 Å². The zero-order chi connectivity index (χ0) is 11.1. The van der Waals surface area contributed by atoms with Crippen molar-refractivity contribution >= 4 is 16.9 Å². The summed E-state index contributed by atoms with van der Waals surface area (Å²) in [4.78, 5) is 12.2. The SMILES string of the molecule is NCCSC(=O)C1C2CC3CC(C2)CC1C3. The second-order valence-electron chi connectivity index (χ2n) is 5.91. The average molecular weight is 239 g/mol. The van der Waals surface area contributed by atoms with E-state index in [1.54, 1.807) is 0 Å². The molecule has 4 aliphatic carbocycles. The van der Waals surface area contributed by atoms with Gasteiger partial charge in [0.15, 0.2) is 5.12 Å². The summed E-state index contributed by atoms with van der Waals surface area (Å²) in [5.41, 5.74) is 5.48. The molecule has 0 spiro atoms. The van der Waals surface area contributed by atoms with Crippen LogP contribution >= 0.6 is 11.8 Å². The third kappa shape index (κ3) is 1.82. The summed E-state index contributed by atoms with van der Waals surface area (Å²) in [5, 5.41) is 0.458. The van der Waals surface area contributed by atoms with Gasteiger partial charge in [-0.3, -0.25) is 4.79 Å². The second-order valence-corrected chi connectivity index (χ2v) is 7.01. The lowest BCUT2D eigenvalue weighted by Crippen LogP contribution is -2.47. The van der Waals surface area contributed by atoms with E-state index in [-0.39, 0.29) is 0 Å². The first-order valence-electron chi connectivity index (χ1n) is 6.64. The summed E-state index contributed by atoms with van der Waals surface area (Å²) in [6.07, 6.45) is 6.82. The van der Waals surface area contributed by atoms with Crippen LogP contribution in [0.4, 0.5) is 0 Å². The zero-order valence-corrected chi connectivity index (χ0v) is 10.5. The van der Waals surface area contributed by atoms with E-state index in [1.165, 1.54) is 43.9 Å². The van der Waals surface area contributed by atoms with Crippen molar-refractivity contribution in [3.8, 4) is 0 Å². The largest absolute Gasteiger partial charge is 0.330 e. The highest BCUT2D eigenvalue weighted by atomic mass is 32.2. The number of rotatable bonds is 3. The van der Waals surface area contributed by atoms with Gasteiger partial charge < -0.3 is 5.73 Å². The Morgan fingerprint density at radius 3 is 2.12 bits per heavy atom. The van der Waals surface area contributed by atoms with E-state index in [0.29, 0.717) is 17.6 Å². The summed E-state index contributed by atoms with van der Waals surface area (Å²) < 4.78 is 0. The molecule has 2 nitrogen and oxygen atoms in total. The van der Waals surface area contributed by atoms with Crippen molar-refractivity contribution in [1.29, 1.82) is 0 Å². The first-order chi connectivity index (χ1) is 7.78. The van der Waals surface area contributed by atoms with Crippen LogP contribution in [0.15, 0.2) is 0 Å². The molecule has 16 heavy (non-hydrogen) atoms. The Morgan fingerprint density at radius 2 is 1.62 bits per heavy atom. The van der Waals surface area contributed by atoms with Gasteiger partial charge in [-0.2, -0.15) is 0 Å². The number of thioether (sulfide) groups is 1. The molecule has 4 saturated carbocycles. The summed E-state index contributed by atoms with van der Waals surface area (Å²) in [7, 11) is 0. The van der Waals surface area contributed by atoms with Crippen molar-refractivity contribution in [2.45, 2.75) is 32.1 Å². The molecule has 0 atom stereocenters. The summed E-state index contributed by atoms with van der Waals surface area (Å²) in [5.74, 6) is 4.59. The number of hydrogen-bond donors (Lipinski definition) is 1. The quantitative estimate of drug-likeness (QED) is 0.821. The van der Waals surface area contributed by atoms with Gasteiger partial charge in [-0.1, -0.05) is 11.8 Å². The van der Waals surface area contributed by atoms with Gasteiger partial charge in [-0.25, -0.2) is 0 Å². The zero-order valence-electron chi connectivity index (χ0n) is 9.73. The lowest BCUT2D eigenvalue weighted by Gasteiger charge is -2.53. The number of nitrogens with two attached hydrogens (primary N) is 1. The van der Waals surface area contributed by atoms with Crippen molar-refractivity contribution in [3.63, 3.8) is 0 Å². The minimum atomic E-state index is 0.393. The first kappa shape index (κ1) is 11.1. The van der Waals surface area contributed by atoms with Crippen LogP contribution in [0.3, 0.4) is 0 Å². The Morgan fingerprint density at radius 1 is 1.06 bits per heavy atom. The molecule has 0 aromatic heterocycles. The molecule has 3 heteroatoms. The third-order valence-electron chi connectivity index (χ3n) is 4.86. The Balaban J connectivity index is 1.69. The fraction of sp³-hybridized carbons (Fsp3) is 0.923. The normalized spacial score (nSPS) is 44.9. The number of hydrogen-bond acceptors (Lipinski definition) is 3. The molecule has 0 heterocycles. The molecule has 2 N–H and O–H groups in total. The standard InChI is InChI=1S/C13H21NOS/c14-1-2-16-13(15)12-10-4-8-3-9(6-10)7-11(12)5-8/h8-12H,1-7,14H2. The van der Waals surface area contributed by atoms with Crippen LogP contribution in [-0.4, -0.2) is 17.4 Å². The van der Waals surface area contributed by atoms with Crippen LogP contribution in [0, 0.1) is 29.6 Å². The molecule has 0 radical (unpaired) electrons. The van der Waals surface area contributed by atoms with Crippen LogP contribution in [-0.2, 0) is 4.79 Å². The predicted octanol–water partition coefficient (Wildman–Crippen LogP) is 2.28. The van der Waals surface area contributed by atoms with E-state index in [2.05, 4.69) is 0 Å². The van der Waals surface area contributed by atoms with E-state index in [4.69, 9.17) is 5.73 Å². The van der Waals surface area contributed by atoms with E-state index in [9.17, 15) is 4.79 Å². The van der Waals surface area contributed by atoms with Crippen LogP contribution in [0.5, 0.6) is 0 Å². The Bertz CT molecular complexity index is 264. The molecule has 0 aliphatic heterocycles. The molecule has 0 amide bonds. The Kier molecular flexibility index (Phi) is 3.01. The highest BCUT2D eigenvalue weighted by Gasteiger charge is 2.50. The average Bonchev–Trinajstić information content (AvgIpc) is 2.24. The monoisotopic (exact) mass is 239 g/mol. The van der Waals surface area contributed by atoms with Gasteiger partial charge in [-0.05, 0) is 55.8 Å². The molecular weight excluding hydrogens is 218 g/mol. The molecule has 4 rings (SSSR count). The molecule has 4 bridgehead atoms. The first-order valence-corrected chi connectivity index (χ1v) is 7.63. The van der Waals surface area contributed by atoms with Crippen molar-refractivity contribution < 1.29 is 4.79 Å². The fourth-order valence-corrected chi connectivity index (χ4v) is 5.46.